The lowest BCUT2D eigenvalue weighted by molar-refractivity contribution is 0.591. The van der Waals surface area contributed by atoms with E-state index in [0.29, 0.717) is 12.3 Å². The Morgan fingerprint density at radius 2 is 2.25 bits per heavy atom. The van der Waals surface area contributed by atoms with Gasteiger partial charge in [-0.15, -0.1) is 0 Å². The van der Waals surface area contributed by atoms with E-state index in [-0.39, 0.29) is 5.25 Å². The van der Waals surface area contributed by atoms with Crippen LogP contribution in [0.1, 0.15) is 12.8 Å². The van der Waals surface area contributed by atoms with Crippen LogP contribution in [0.3, 0.4) is 0 Å². The molecule has 0 saturated carbocycles. The van der Waals surface area contributed by atoms with Crippen LogP contribution in [0.2, 0.25) is 0 Å². The van der Waals surface area contributed by atoms with Crippen molar-refractivity contribution in [2.24, 2.45) is 0 Å². The predicted octanol–water partition coefficient (Wildman–Crippen LogP) is 2.38. The summed E-state index contributed by atoms with van der Waals surface area (Å²) in [7, 11) is -2.92. The van der Waals surface area contributed by atoms with Gasteiger partial charge in [-0.1, -0.05) is 0 Å². The van der Waals surface area contributed by atoms with E-state index < -0.39 is 9.84 Å². The number of hydrogen-bond acceptors (Lipinski definition) is 5. The number of halogens is 1. The van der Waals surface area contributed by atoms with E-state index in [1.165, 1.54) is 0 Å². The van der Waals surface area contributed by atoms with Crippen LogP contribution >= 0.6 is 15.9 Å². The van der Waals surface area contributed by atoms with Crippen LogP contribution in [0.4, 0.5) is 5.69 Å². The smallest absolute Gasteiger partial charge is 0.154 e. The van der Waals surface area contributed by atoms with Crippen LogP contribution in [0.15, 0.2) is 29.0 Å². The molecule has 2 aromatic heterocycles. The summed E-state index contributed by atoms with van der Waals surface area (Å²) in [5.41, 5.74) is 2.36. The number of nitrogens with one attached hydrogen (secondary N) is 1. The second-order valence-corrected chi connectivity index (χ2v) is 8.21. The third kappa shape index (κ3) is 2.64. The summed E-state index contributed by atoms with van der Waals surface area (Å²) in [5, 5.41) is 2.92. The van der Waals surface area contributed by atoms with Crippen LogP contribution in [0.5, 0.6) is 0 Å². The highest BCUT2D eigenvalue weighted by molar-refractivity contribution is 9.10. The molecule has 0 radical (unpaired) electrons. The topological polar surface area (TPSA) is 72.0 Å². The average Bonchev–Trinajstić information content (AvgIpc) is 2.75. The van der Waals surface area contributed by atoms with Gasteiger partial charge in [0, 0.05) is 23.4 Å². The second kappa shape index (κ2) is 5.29. The molecule has 1 atom stereocenters. The first-order chi connectivity index (χ1) is 9.56. The van der Waals surface area contributed by atoms with Gasteiger partial charge in [0.25, 0.3) is 0 Å². The molecule has 1 aliphatic heterocycles. The molecule has 7 heteroatoms. The molecule has 0 spiro atoms. The number of sulfone groups is 1. The van der Waals surface area contributed by atoms with E-state index in [1.54, 1.807) is 12.4 Å². The maximum atomic E-state index is 11.8. The summed E-state index contributed by atoms with van der Waals surface area (Å²) in [6.45, 7) is 0.430. The first-order valence-electron chi connectivity index (χ1n) is 6.42. The van der Waals surface area contributed by atoms with Crippen LogP contribution in [0.25, 0.3) is 11.0 Å². The lowest BCUT2D eigenvalue weighted by Gasteiger charge is -2.13. The molecule has 1 unspecified atom stereocenters. The predicted molar refractivity (Wildman–Crippen MR) is 82.5 cm³/mol. The van der Waals surface area contributed by atoms with E-state index >= 15 is 0 Å². The summed E-state index contributed by atoms with van der Waals surface area (Å²) in [6, 6.07) is 3.71. The van der Waals surface area contributed by atoms with Crippen molar-refractivity contribution in [3.05, 3.63) is 29.0 Å². The minimum Gasteiger partial charge on any atom is -0.382 e. The Morgan fingerprint density at radius 1 is 1.40 bits per heavy atom. The zero-order chi connectivity index (χ0) is 14.2. The van der Waals surface area contributed by atoms with Gasteiger partial charge in [-0.25, -0.2) is 8.42 Å². The van der Waals surface area contributed by atoms with Gasteiger partial charge < -0.3 is 5.32 Å². The van der Waals surface area contributed by atoms with E-state index in [0.717, 1.165) is 34.0 Å². The zero-order valence-electron chi connectivity index (χ0n) is 10.7. The van der Waals surface area contributed by atoms with Gasteiger partial charge in [0.1, 0.15) is 5.52 Å². The molecule has 1 N–H and O–H groups in total. The summed E-state index contributed by atoms with van der Waals surface area (Å²) < 4.78 is 24.5. The van der Waals surface area contributed by atoms with Crippen LogP contribution in [0, 0.1) is 0 Å². The Labute approximate surface area is 125 Å². The first-order valence-corrected chi connectivity index (χ1v) is 8.93. The first kappa shape index (κ1) is 13.8. The molecule has 0 bridgehead atoms. The number of pyridine rings is 2. The van der Waals surface area contributed by atoms with Crippen molar-refractivity contribution in [2.45, 2.75) is 18.1 Å². The van der Waals surface area contributed by atoms with Crippen molar-refractivity contribution in [3.8, 4) is 0 Å². The van der Waals surface area contributed by atoms with E-state index in [2.05, 4.69) is 31.2 Å². The lowest BCUT2D eigenvalue weighted by atomic mass is 10.2. The average molecular weight is 356 g/mol. The van der Waals surface area contributed by atoms with Crippen LogP contribution < -0.4 is 5.32 Å². The number of aromatic nitrogens is 2. The van der Waals surface area contributed by atoms with Crippen molar-refractivity contribution in [3.63, 3.8) is 0 Å². The maximum Gasteiger partial charge on any atom is 0.154 e. The molecule has 106 valence electrons. The molecule has 0 aliphatic carbocycles. The molecule has 2 aromatic rings. The molecule has 1 fully saturated rings. The molecule has 3 rings (SSSR count). The van der Waals surface area contributed by atoms with E-state index in [4.69, 9.17) is 0 Å². The fourth-order valence-corrected chi connectivity index (χ4v) is 4.54. The molecule has 0 aromatic carbocycles. The number of fused-ring (bicyclic) bond motifs is 1. The fourth-order valence-electron chi connectivity index (χ4n) is 2.46. The zero-order valence-corrected chi connectivity index (χ0v) is 13.1. The van der Waals surface area contributed by atoms with Gasteiger partial charge in [-0.3, -0.25) is 9.97 Å². The summed E-state index contributed by atoms with van der Waals surface area (Å²) in [4.78, 5) is 8.60. The third-order valence-electron chi connectivity index (χ3n) is 3.53. The van der Waals surface area contributed by atoms with Crippen molar-refractivity contribution >= 4 is 42.5 Å². The van der Waals surface area contributed by atoms with E-state index in [1.807, 2.05) is 12.1 Å². The molecule has 5 nitrogen and oxygen atoms in total. The quantitative estimate of drug-likeness (QED) is 0.914. The van der Waals surface area contributed by atoms with Gasteiger partial charge >= 0.3 is 0 Å². The number of nitrogens with zero attached hydrogens (tertiary/aromatic N) is 2. The highest BCUT2D eigenvalue weighted by Crippen LogP contribution is 2.24. The molecule has 1 aliphatic rings. The van der Waals surface area contributed by atoms with Crippen molar-refractivity contribution in [2.75, 3.05) is 17.6 Å². The Hall–Kier alpha value is -1.21. The maximum absolute atomic E-state index is 11.8. The summed E-state index contributed by atoms with van der Waals surface area (Å²) >= 11 is 3.36. The van der Waals surface area contributed by atoms with Crippen molar-refractivity contribution in [1.82, 2.24) is 9.97 Å². The van der Waals surface area contributed by atoms with Crippen LogP contribution in [-0.4, -0.2) is 35.9 Å². The fraction of sp³-hybridized carbons (Fsp3) is 0.385. The molecule has 1 saturated heterocycles. The van der Waals surface area contributed by atoms with Gasteiger partial charge in [-0.05, 0) is 40.9 Å². The standard InChI is InChI=1S/C13H14BrN3O2S/c14-9-6-12-13(17-7-9)11(3-4-15-12)16-8-10-2-1-5-20(10,18)19/h3-4,6-7,10H,1-2,5,8H2,(H,15,16). The Morgan fingerprint density at radius 3 is 3.00 bits per heavy atom. The molecule has 20 heavy (non-hydrogen) atoms. The monoisotopic (exact) mass is 355 g/mol. The van der Waals surface area contributed by atoms with Crippen LogP contribution in [-0.2, 0) is 9.84 Å². The van der Waals surface area contributed by atoms with Gasteiger partial charge in [0.05, 0.1) is 22.2 Å². The SMILES string of the molecule is O=S1(=O)CCCC1CNc1ccnc2cc(Br)cnc12. The minimum atomic E-state index is -2.92. The highest BCUT2D eigenvalue weighted by Gasteiger charge is 2.30. The Balaban J connectivity index is 1.85. The molecular weight excluding hydrogens is 342 g/mol. The van der Waals surface area contributed by atoms with Gasteiger partial charge in [-0.2, -0.15) is 0 Å². The number of hydrogen-bond donors (Lipinski definition) is 1. The molecule has 0 amide bonds. The number of anilines is 1. The summed E-state index contributed by atoms with van der Waals surface area (Å²) in [5.74, 6) is 0.307. The summed E-state index contributed by atoms with van der Waals surface area (Å²) in [6.07, 6.45) is 4.90. The Bertz CT molecular complexity index is 748. The van der Waals surface area contributed by atoms with Gasteiger partial charge in [0.2, 0.25) is 0 Å². The second-order valence-electron chi connectivity index (χ2n) is 4.89. The number of rotatable bonds is 3. The van der Waals surface area contributed by atoms with Crippen molar-refractivity contribution < 1.29 is 8.42 Å². The minimum absolute atomic E-state index is 0.291. The Kier molecular flexibility index (Phi) is 3.64. The highest BCUT2D eigenvalue weighted by atomic mass is 79.9. The molecular formula is C13H14BrN3O2S. The normalized spacial score (nSPS) is 21.1. The lowest BCUT2D eigenvalue weighted by Crippen LogP contribution is -2.25. The van der Waals surface area contributed by atoms with Gasteiger partial charge in [0.15, 0.2) is 9.84 Å². The van der Waals surface area contributed by atoms with Crippen molar-refractivity contribution in [1.29, 1.82) is 0 Å². The molecule has 3 heterocycles. The third-order valence-corrected chi connectivity index (χ3v) is 6.24. The van der Waals surface area contributed by atoms with E-state index in [9.17, 15) is 8.42 Å². The largest absolute Gasteiger partial charge is 0.382 e.